The molecule has 6 nitrogen and oxygen atoms in total. The quantitative estimate of drug-likeness (QED) is 0.791. The maximum Gasteiger partial charge on any atom is 0.254 e. The fraction of sp³-hybridized carbons (Fsp3) is 0.400. The number of carbonyl (C=O) groups is 2. The lowest BCUT2D eigenvalue weighted by molar-refractivity contribution is -0.120. The van der Waals surface area contributed by atoms with E-state index in [-0.39, 0.29) is 23.6 Å². The summed E-state index contributed by atoms with van der Waals surface area (Å²) in [6.07, 6.45) is 0. The topological polar surface area (TPSA) is 71.0 Å². The van der Waals surface area contributed by atoms with E-state index in [1.165, 1.54) is 16.7 Å². The zero-order chi connectivity index (χ0) is 16.8. The van der Waals surface area contributed by atoms with E-state index in [0.29, 0.717) is 29.0 Å². The van der Waals surface area contributed by atoms with Gasteiger partial charge in [-0.1, -0.05) is 35.5 Å². The molecule has 0 saturated carbocycles. The molecule has 0 aromatic heterocycles. The van der Waals surface area contributed by atoms with E-state index in [4.69, 9.17) is 16.3 Å². The number of amides is 2. The van der Waals surface area contributed by atoms with Crippen molar-refractivity contribution in [1.82, 2.24) is 5.32 Å². The molecular weight excluding hydrogens is 338 g/mol. The van der Waals surface area contributed by atoms with Gasteiger partial charge in [-0.05, 0) is 19.1 Å². The highest BCUT2D eigenvalue weighted by molar-refractivity contribution is 8.15. The number of anilines is 1. The van der Waals surface area contributed by atoms with E-state index in [1.807, 2.05) is 0 Å². The first-order chi connectivity index (χ1) is 11.0. The van der Waals surface area contributed by atoms with Gasteiger partial charge in [0, 0.05) is 13.7 Å². The normalized spacial score (nSPS) is 15.5. The standard InChI is InChI=1S/C15H18ClN3O3S/c1-10(14(21)17-7-8-22-2)23-15-18-9-13(20)19(15)12-6-4-3-5-11(12)16/h3-6,10H,7-9H2,1-2H3,(H,17,21)/t10-/m1/s1. The van der Waals surface area contributed by atoms with Gasteiger partial charge < -0.3 is 10.1 Å². The average Bonchev–Trinajstić information content (AvgIpc) is 2.88. The van der Waals surface area contributed by atoms with Crippen molar-refractivity contribution in [3.63, 3.8) is 0 Å². The maximum atomic E-state index is 12.1. The number of rotatable bonds is 6. The average molecular weight is 356 g/mol. The summed E-state index contributed by atoms with van der Waals surface area (Å²) in [5.41, 5.74) is 0.579. The zero-order valence-electron chi connectivity index (χ0n) is 12.9. The number of nitrogens with one attached hydrogen (secondary N) is 1. The predicted molar refractivity (Wildman–Crippen MR) is 93.2 cm³/mol. The summed E-state index contributed by atoms with van der Waals surface area (Å²) in [6.45, 7) is 2.72. The van der Waals surface area contributed by atoms with Gasteiger partial charge in [0.2, 0.25) is 5.91 Å². The summed E-state index contributed by atoms with van der Waals surface area (Å²) < 4.78 is 4.89. The van der Waals surface area contributed by atoms with Crippen LogP contribution < -0.4 is 10.2 Å². The van der Waals surface area contributed by atoms with Crippen LogP contribution in [0, 0.1) is 0 Å². The number of para-hydroxylation sites is 1. The summed E-state index contributed by atoms with van der Waals surface area (Å²) in [6, 6.07) is 7.06. The number of hydrogen-bond donors (Lipinski definition) is 1. The van der Waals surface area contributed by atoms with Gasteiger partial charge in [-0.15, -0.1) is 0 Å². The molecule has 0 bridgehead atoms. The minimum atomic E-state index is -0.388. The summed E-state index contributed by atoms with van der Waals surface area (Å²) >= 11 is 7.40. The lowest BCUT2D eigenvalue weighted by atomic mass is 10.3. The van der Waals surface area contributed by atoms with Crippen LogP contribution in [0.4, 0.5) is 5.69 Å². The third kappa shape index (κ3) is 4.46. The van der Waals surface area contributed by atoms with Gasteiger partial charge in [0.1, 0.15) is 6.54 Å². The molecule has 0 aliphatic carbocycles. The second kappa shape index (κ2) is 8.33. The molecule has 1 aromatic rings. The fourth-order valence-electron chi connectivity index (χ4n) is 1.98. The van der Waals surface area contributed by atoms with Crippen LogP contribution in [-0.4, -0.2) is 49.0 Å². The summed E-state index contributed by atoms with van der Waals surface area (Å²) in [4.78, 5) is 29.8. The molecule has 0 spiro atoms. The predicted octanol–water partition coefficient (Wildman–Crippen LogP) is 1.93. The van der Waals surface area contributed by atoms with Gasteiger partial charge in [-0.25, -0.2) is 0 Å². The number of hydrogen-bond acceptors (Lipinski definition) is 5. The third-order valence-electron chi connectivity index (χ3n) is 3.14. The number of carbonyl (C=O) groups excluding carboxylic acids is 2. The second-order valence-corrected chi connectivity index (χ2v) is 6.54. The minimum Gasteiger partial charge on any atom is -0.383 e. The van der Waals surface area contributed by atoms with Crippen LogP contribution >= 0.6 is 23.4 Å². The van der Waals surface area contributed by atoms with E-state index < -0.39 is 0 Å². The number of benzene rings is 1. The molecule has 124 valence electrons. The number of nitrogens with zero attached hydrogens (tertiary/aromatic N) is 2. The van der Waals surface area contributed by atoms with E-state index >= 15 is 0 Å². The highest BCUT2D eigenvalue weighted by Gasteiger charge is 2.31. The van der Waals surface area contributed by atoms with Crippen molar-refractivity contribution in [2.24, 2.45) is 4.99 Å². The number of thioether (sulfide) groups is 1. The molecule has 2 rings (SSSR count). The number of methoxy groups -OCH3 is 1. The Kier molecular flexibility index (Phi) is 6.44. The Balaban J connectivity index is 2.05. The first-order valence-electron chi connectivity index (χ1n) is 7.10. The molecule has 1 aliphatic heterocycles. The lowest BCUT2D eigenvalue weighted by Gasteiger charge is -2.21. The molecule has 1 aliphatic rings. The van der Waals surface area contributed by atoms with Gasteiger partial charge in [0.25, 0.3) is 5.91 Å². The van der Waals surface area contributed by atoms with Crippen LogP contribution in [0.25, 0.3) is 0 Å². The number of halogens is 1. The van der Waals surface area contributed by atoms with Gasteiger partial charge >= 0.3 is 0 Å². The van der Waals surface area contributed by atoms with Crippen LogP contribution in [0.15, 0.2) is 29.3 Å². The smallest absolute Gasteiger partial charge is 0.254 e. The van der Waals surface area contributed by atoms with Crippen molar-refractivity contribution < 1.29 is 14.3 Å². The SMILES string of the molecule is COCCNC(=O)[C@@H](C)SC1=NCC(=O)N1c1ccccc1Cl. The van der Waals surface area contributed by atoms with E-state index in [2.05, 4.69) is 10.3 Å². The summed E-state index contributed by atoms with van der Waals surface area (Å²) in [5.74, 6) is -0.291. The molecule has 1 heterocycles. The van der Waals surface area contributed by atoms with Crippen molar-refractivity contribution in [2.45, 2.75) is 12.2 Å². The number of amidine groups is 1. The van der Waals surface area contributed by atoms with Gasteiger partial charge in [0.05, 0.1) is 22.6 Å². The molecule has 23 heavy (non-hydrogen) atoms. The Morgan fingerprint density at radius 1 is 1.52 bits per heavy atom. The summed E-state index contributed by atoms with van der Waals surface area (Å²) in [5, 5.41) is 3.33. The molecule has 1 atom stereocenters. The largest absolute Gasteiger partial charge is 0.383 e. The molecule has 8 heteroatoms. The van der Waals surface area contributed by atoms with Crippen molar-refractivity contribution in [1.29, 1.82) is 0 Å². The fourth-order valence-corrected chi connectivity index (χ4v) is 3.15. The Morgan fingerprint density at radius 2 is 2.26 bits per heavy atom. The van der Waals surface area contributed by atoms with Crippen LogP contribution in [0.5, 0.6) is 0 Å². The molecule has 0 saturated heterocycles. The van der Waals surface area contributed by atoms with Crippen LogP contribution in [0.3, 0.4) is 0 Å². The van der Waals surface area contributed by atoms with Gasteiger partial charge in [-0.2, -0.15) is 0 Å². The van der Waals surface area contributed by atoms with Gasteiger partial charge in [-0.3, -0.25) is 19.5 Å². The summed E-state index contributed by atoms with van der Waals surface area (Å²) in [7, 11) is 1.57. The molecule has 0 fully saturated rings. The van der Waals surface area contributed by atoms with Crippen molar-refractivity contribution in [2.75, 3.05) is 31.7 Å². The van der Waals surface area contributed by atoms with E-state index in [0.717, 1.165) is 0 Å². The lowest BCUT2D eigenvalue weighted by Crippen LogP contribution is -2.37. The Labute approximate surface area is 144 Å². The van der Waals surface area contributed by atoms with Crippen molar-refractivity contribution in [3.05, 3.63) is 29.3 Å². The van der Waals surface area contributed by atoms with E-state index in [1.54, 1.807) is 38.3 Å². The molecular formula is C15H18ClN3O3S. The minimum absolute atomic E-state index is 0.0611. The first-order valence-corrected chi connectivity index (χ1v) is 8.35. The molecule has 1 aromatic carbocycles. The van der Waals surface area contributed by atoms with Crippen LogP contribution in [-0.2, 0) is 14.3 Å². The highest BCUT2D eigenvalue weighted by atomic mass is 35.5. The number of aliphatic imine (C=N–C) groups is 1. The molecule has 1 N–H and O–H groups in total. The zero-order valence-corrected chi connectivity index (χ0v) is 14.5. The monoisotopic (exact) mass is 355 g/mol. The van der Waals surface area contributed by atoms with E-state index in [9.17, 15) is 9.59 Å². The number of ether oxygens (including phenoxy) is 1. The van der Waals surface area contributed by atoms with Crippen molar-refractivity contribution >= 4 is 46.0 Å². The molecule has 0 radical (unpaired) electrons. The Morgan fingerprint density at radius 3 is 2.96 bits per heavy atom. The second-order valence-electron chi connectivity index (χ2n) is 4.82. The molecule has 0 unspecified atom stereocenters. The Hall–Kier alpha value is -1.57. The van der Waals surface area contributed by atoms with Gasteiger partial charge in [0.15, 0.2) is 5.17 Å². The maximum absolute atomic E-state index is 12.1. The highest BCUT2D eigenvalue weighted by Crippen LogP contribution is 2.31. The third-order valence-corrected chi connectivity index (χ3v) is 4.55. The first kappa shape index (κ1) is 17.8. The Bertz CT molecular complexity index is 624. The van der Waals surface area contributed by atoms with Crippen LogP contribution in [0.2, 0.25) is 5.02 Å². The van der Waals surface area contributed by atoms with Crippen molar-refractivity contribution in [3.8, 4) is 0 Å². The molecule has 2 amide bonds. The van der Waals surface area contributed by atoms with Crippen LogP contribution in [0.1, 0.15) is 6.92 Å².